The van der Waals surface area contributed by atoms with Crippen molar-refractivity contribution in [2.75, 3.05) is 24.6 Å². The molecule has 1 aliphatic heterocycles. The number of ether oxygens (including phenoxy) is 1. The summed E-state index contributed by atoms with van der Waals surface area (Å²) in [6, 6.07) is 7.71. The molecule has 2 heterocycles. The van der Waals surface area contributed by atoms with Crippen LogP contribution in [0.25, 0.3) is 11.3 Å². The summed E-state index contributed by atoms with van der Waals surface area (Å²) in [5, 5.41) is 8.89. The molecule has 0 amide bonds. The van der Waals surface area contributed by atoms with Crippen molar-refractivity contribution < 1.29 is 23.4 Å². The highest BCUT2D eigenvalue weighted by Gasteiger charge is 2.25. The number of aromatic nitrogens is 1. The lowest BCUT2D eigenvalue weighted by Crippen LogP contribution is -2.35. The first-order valence-corrected chi connectivity index (χ1v) is 9.54. The van der Waals surface area contributed by atoms with Crippen LogP contribution in [-0.2, 0) is 4.79 Å². The largest absolute Gasteiger partial charge is 0.481 e. The van der Waals surface area contributed by atoms with Crippen LogP contribution >= 0.6 is 0 Å². The smallest absolute Gasteiger partial charge is 0.303 e. The number of pyridine rings is 1. The molecule has 150 valence electrons. The Morgan fingerprint density at radius 3 is 2.54 bits per heavy atom. The topological polar surface area (TPSA) is 62.7 Å². The second kappa shape index (κ2) is 8.99. The summed E-state index contributed by atoms with van der Waals surface area (Å²) in [5.74, 6) is -1.65. The van der Waals surface area contributed by atoms with Crippen LogP contribution in [-0.4, -0.2) is 35.8 Å². The minimum atomic E-state index is -0.835. The number of rotatable bonds is 7. The second-order valence-corrected chi connectivity index (χ2v) is 7.03. The number of hydrogen-bond donors (Lipinski definition) is 1. The van der Waals surface area contributed by atoms with Crippen LogP contribution in [0.1, 0.15) is 32.6 Å². The highest BCUT2D eigenvalue weighted by atomic mass is 19.1. The van der Waals surface area contributed by atoms with Crippen molar-refractivity contribution in [2.24, 2.45) is 5.92 Å². The van der Waals surface area contributed by atoms with E-state index in [-0.39, 0.29) is 18.0 Å². The predicted molar refractivity (Wildman–Crippen MR) is 103 cm³/mol. The van der Waals surface area contributed by atoms with Crippen LogP contribution in [0, 0.1) is 17.6 Å². The normalized spacial score (nSPS) is 14.9. The predicted octanol–water partition coefficient (Wildman–Crippen LogP) is 4.51. The van der Waals surface area contributed by atoms with Gasteiger partial charge in [0.05, 0.1) is 12.3 Å². The summed E-state index contributed by atoms with van der Waals surface area (Å²) in [7, 11) is 0. The Kier molecular flexibility index (Phi) is 6.44. The standard InChI is InChI=1S/C21H24F2N2O3/c1-2-10-28-19-5-3-4-18(24-19)15-12-16(22)21(17(23)13-15)25-8-6-14(7-9-25)11-20(26)27/h3-5,12-14H,2,6-11H2,1H3,(H,26,27). The number of carbonyl (C=O) groups is 1. The van der Waals surface area contributed by atoms with Crippen LogP contribution < -0.4 is 9.64 Å². The van der Waals surface area contributed by atoms with Crippen molar-refractivity contribution in [1.29, 1.82) is 0 Å². The molecule has 0 saturated carbocycles. The Morgan fingerprint density at radius 2 is 1.93 bits per heavy atom. The van der Waals surface area contributed by atoms with Gasteiger partial charge < -0.3 is 14.7 Å². The fourth-order valence-corrected chi connectivity index (χ4v) is 3.49. The summed E-state index contributed by atoms with van der Waals surface area (Å²) >= 11 is 0. The van der Waals surface area contributed by atoms with E-state index in [1.165, 1.54) is 12.1 Å². The van der Waals surface area contributed by atoms with E-state index < -0.39 is 17.6 Å². The van der Waals surface area contributed by atoms with Crippen molar-refractivity contribution >= 4 is 11.7 Å². The molecule has 3 rings (SSSR count). The molecule has 0 radical (unpaired) electrons. The molecule has 0 aliphatic carbocycles. The Morgan fingerprint density at radius 1 is 1.25 bits per heavy atom. The maximum atomic E-state index is 14.8. The highest BCUT2D eigenvalue weighted by Crippen LogP contribution is 2.33. The van der Waals surface area contributed by atoms with E-state index in [1.807, 2.05) is 6.92 Å². The van der Waals surface area contributed by atoms with E-state index in [2.05, 4.69) is 4.98 Å². The molecule has 28 heavy (non-hydrogen) atoms. The average molecular weight is 390 g/mol. The van der Waals surface area contributed by atoms with E-state index >= 15 is 0 Å². The molecule has 1 aliphatic rings. The zero-order valence-corrected chi connectivity index (χ0v) is 15.8. The first kappa shape index (κ1) is 20.0. The SMILES string of the molecule is CCCOc1cccc(-c2cc(F)c(N3CCC(CC(=O)O)CC3)c(F)c2)n1. The van der Waals surface area contributed by atoms with Crippen LogP contribution in [0.15, 0.2) is 30.3 Å². The van der Waals surface area contributed by atoms with Gasteiger partial charge in [-0.3, -0.25) is 4.79 Å². The maximum absolute atomic E-state index is 14.8. The molecule has 5 nitrogen and oxygen atoms in total. The monoisotopic (exact) mass is 390 g/mol. The lowest BCUT2D eigenvalue weighted by molar-refractivity contribution is -0.138. The Bertz CT molecular complexity index is 813. The summed E-state index contributed by atoms with van der Waals surface area (Å²) in [5.41, 5.74) is 0.732. The minimum absolute atomic E-state index is 0.0502. The number of benzene rings is 1. The number of aliphatic carboxylic acids is 1. The Hall–Kier alpha value is -2.70. The molecular formula is C21H24F2N2O3. The second-order valence-electron chi connectivity index (χ2n) is 7.03. The fraction of sp³-hybridized carbons (Fsp3) is 0.429. The number of piperidine rings is 1. The summed E-state index contributed by atoms with van der Waals surface area (Å²) in [4.78, 5) is 16.8. The van der Waals surface area contributed by atoms with Gasteiger partial charge in [0.25, 0.3) is 0 Å². The first-order chi connectivity index (χ1) is 13.5. The van der Waals surface area contributed by atoms with Crippen LogP contribution in [0.5, 0.6) is 5.88 Å². The van der Waals surface area contributed by atoms with E-state index in [1.54, 1.807) is 23.1 Å². The number of carboxylic acid groups (broad SMARTS) is 1. The molecule has 0 spiro atoms. The Labute approximate surface area is 163 Å². The summed E-state index contributed by atoms with van der Waals surface area (Å²) in [6.45, 7) is 3.38. The molecule has 1 aromatic carbocycles. The van der Waals surface area contributed by atoms with Crippen molar-refractivity contribution in [3.8, 4) is 17.1 Å². The summed E-state index contributed by atoms with van der Waals surface area (Å²) < 4.78 is 35.0. The average Bonchev–Trinajstić information content (AvgIpc) is 2.67. The molecule has 1 saturated heterocycles. The number of carboxylic acids is 1. The van der Waals surface area contributed by atoms with Gasteiger partial charge in [-0.2, -0.15) is 0 Å². The highest BCUT2D eigenvalue weighted by molar-refractivity contribution is 5.67. The zero-order chi connectivity index (χ0) is 20.1. The van der Waals surface area contributed by atoms with Gasteiger partial charge in [0, 0.05) is 31.1 Å². The molecule has 1 aromatic heterocycles. The molecule has 2 aromatic rings. The number of nitrogens with zero attached hydrogens (tertiary/aromatic N) is 2. The van der Waals surface area contributed by atoms with Gasteiger partial charge in [0.15, 0.2) is 0 Å². The molecule has 0 unspecified atom stereocenters. The van der Waals surface area contributed by atoms with Crippen molar-refractivity contribution in [3.05, 3.63) is 42.0 Å². The maximum Gasteiger partial charge on any atom is 0.303 e. The van der Waals surface area contributed by atoms with Crippen LogP contribution in [0.4, 0.5) is 14.5 Å². The van der Waals surface area contributed by atoms with E-state index in [9.17, 15) is 13.6 Å². The van der Waals surface area contributed by atoms with Gasteiger partial charge in [-0.15, -0.1) is 0 Å². The third kappa shape index (κ3) is 4.77. The van der Waals surface area contributed by atoms with E-state index in [0.717, 1.165) is 6.42 Å². The number of hydrogen-bond acceptors (Lipinski definition) is 4. The third-order valence-electron chi connectivity index (χ3n) is 4.88. The van der Waals surface area contributed by atoms with Gasteiger partial charge in [0.2, 0.25) is 5.88 Å². The van der Waals surface area contributed by atoms with Gasteiger partial charge >= 0.3 is 5.97 Å². The molecule has 1 N–H and O–H groups in total. The van der Waals surface area contributed by atoms with E-state index in [4.69, 9.17) is 9.84 Å². The van der Waals surface area contributed by atoms with E-state index in [0.29, 0.717) is 49.7 Å². The minimum Gasteiger partial charge on any atom is -0.481 e. The van der Waals surface area contributed by atoms with Crippen LogP contribution in [0.2, 0.25) is 0 Å². The fourth-order valence-electron chi connectivity index (χ4n) is 3.49. The molecule has 0 bridgehead atoms. The van der Waals surface area contributed by atoms with Gasteiger partial charge in [-0.05, 0) is 43.4 Å². The van der Waals surface area contributed by atoms with Crippen LogP contribution in [0.3, 0.4) is 0 Å². The first-order valence-electron chi connectivity index (χ1n) is 9.54. The third-order valence-corrected chi connectivity index (χ3v) is 4.88. The van der Waals surface area contributed by atoms with Gasteiger partial charge in [-0.1, -0.05) is 13.0 Å². The van der Waals surface area contributed by atoms with Gasteiger partial charge in [0.1, 0.15) is 17.3 Å². The Balaban J connectivity index is 1.78. The molecule has 7 heteroatoms. The number of anilines is 1. The van der Waals surface area contributed by atoms with Crippen molar-refractivity contribution in [2.45, 2.75) is 32.6 Å². The molecular weight excluding hydrogens is 366 g/mol. The lowest BCUT2D eigenvalue weighted by Gasteiger charge is -2.33. The lowest BCUT2D eigenvalue weighted by atomic mass is 9.93. The summed E-state index contributed by atoms with van der Waals surface area (Å²) in [6.07, 6.45) is 2.14. The molecule has 1 fully saturated rings. The zero-order valence-electron chi connectivity index (χ0n) is 15.8. The number of halogens is 2. The van der Waals surface area contributed by atoms with Crippen molar-refractivity contribution in [1.82, 2.24) is 4.98 Å². The van der Waals surface area contributed by atoms with Crippen molar-refractivity contribution in [3.63, 3.8) is 0 Å². The molecule has 0 atom stereocenters. The quantitative estimate of drug-likeness (QED) is 0.754. The van der Waals surface area contributed by atoms with Gasteiger partial charge in [-0.25, -0.2) is 13.8 Å².